The largest absolute Gasteiger partial charge is 0.378 e. The minimum atomic E-state index is 0.215. The van der Waals surface area contributed by atoms with E-state index in [0.717, 1.165) is 49.4 Å². The summed E-state index contributed by atoms with van der Waals surface area (Å²) in [5.74, 6) is 0.778. The van der Waals surface area contributed by atoms with Crippen molar-refractivity contribution in [2.45, 2.75) is 19.5 Å². The SMILES string of the molecule is C[C@H](NCc1cnc(N2CCOCC2)nc1)c1cccc(Cl)c1. The predicted octanol–water partition coefficient (Wildman–Crippen LogP) is 2.82. The molecule has 2 heterocycles. The molecule has 1 saturated heterocycles. The number of ether oxygens (including phenoxy) is 1. The summed E-state index contributed by atoms with van der Waals surface area (Å²) in [5.41, 5.74) is 2.24. The van der Waals surface area contributed by atoms with E-state index in [1.54, 1.807) is 0 Å². The Morgan fingerprint density at radius 2 is 2.00 bits per heavy atom. The number of rotatable bonds is 5. The van der Waals surface area contributed by atoms with Gasteiger partial charge in [-0.15, -0.1) is 0 Å². The Morgan fingerprint density at radius 3 is 2.70 bits per heavy atom. The molecule has 1 N–H and O–H groups in total. The number of hydrogen-bond acceptors (Lipinski definition) is 5. The number of anilines is 1. The van der Waals surface area contributed by atoms with Crippen molar-refractivity contribution in [3.63, 3.8) is 0 Å². The number of morpholine rings is 1. The molecule has 122 valence electrons. The Balaban J connectivity index is 1.56. The Hall–Kier alpha value is -1.69. The van der Waals surface area contributed by atoms with Crippen LogP contribution in [0.25, 0.3) is 0 Å². The Labute approximate surface area is 141 Å². The summed E-state index contributed by atoms with van der Waals surface area (Å²) >= 11 is 6.04. The number of benzene rings is 1. The van der Waals surface area contributed by atoms with Crippen molar-refractivity contribution < 1.29 is 4.74 Å². The van der Waals surface area contributed by atoms with Gasteiger partial charge in [-0.2, -0.15) is 0 Å². The van der Waals surface area contributed by atoms with Crippen LogP contribution in [0.4, 0.5) is 5.95 Å². The maximum absolute atomic E-state index is 6.04. The lowest BCUT2D eigenvalue weighted by Crippen LogP contribution is -2.37. The highest BCUT2D eigenvalue weighted by Crippen LogP contribution is 2.18. The van der Waals surface area contributed by atoms with Crippen LogP contribution in [-0.4, -0.2) is 36.3 Å². The maximum atomic E-state index is 6.04. The van der Waals surface area contributed by atoms with Crippen molar-refractivity contribution in [1.82, 2.24) is 15.3 Å². The third-order valence-corrected chi connectivity index (χ3v) is 4.18. The van der Waals surface area contributed by atoms with Gasteiger partial charge in [0.25, 0.3) is 0 Å². The molecule has 3 rings (SSSR count). The van der Waals surface area contributed by atoms with Gasteiger partial charge in [-0.05, 0) is 24.6 Å². The second-order valence-electron chi connectivity index (χ2n) is 5.65. The third-order valence-electron chi connectivity index (χ3n) is 3.95. The van der Waals surface area contributed by atoms with Crippen molar-refractivity contribution in [3.8, 4) is 0 Å². The van der Waals surface area contributed by atoms with E-state index >= 15 is 0 Å². The summed E-state index contributed by atoms with van der Waals surface area (Å²) in [6.07, 6.45) is 3.77. The van der Waals surface area contributed by atoms with Gasteiger partial charge in [-0.25, -0.2) is 9.97 Å². The highest BCUT2D eigenvalue weighted by atomic mass is 35.5. The van der Waals surface area contributed by atoms with E-state index in [2.05, 4.69) is 33.2 Å². The number of nitrogens with one attached hydrogen (secondary N) is 1. The number of nitrogens with zero attached hydrogens (tertiary/aromatic N) is 3. The summed E-state index contributed by atoms with van der Waals surface area (Å²) in [4.78, 5) is 11.1. The first-order valence-corrected chi connectivity index (χ1v) is 8.22. The Morgan fingerprint density at radius 1 is 1.26 bits per heavy atom. The van der Waals surface area contributed by atoms with E-state index in [0.29, 0.717) is 0 Å². The third kappa shape index (κ3) is 4.41. The van der Waals surface area contributed by atoms with Gasteiger partial charge < -0.3 is 15.0 Å². The lowest BCUT2D eigenvalue weighted by atomic mass is 10.1. The fourth-order valence-electron chi connectivity index (χ4n) is 2.53. The van der Waals surface area contributed by atoms with Crippen LogP contribution in [0.5, 0.6) is 0 Å². The van der Waals surface area contributed by atoms with E-state index in [1.807, 2.05) is 30.6 Å². The predicted molar refractivity (Wildman–Crippen MR) is 91.8 cm³/mol. The second kappa shape index (κ2) is 7.73. The molecule has 23 heavy (non-hydrogen) atoms. The minimum absolute atomic E-state index is 0.215. The number of aromatic nitrogens is 2. The van der Waals surface area contributed by atoms with Gasteiger partial charge in [-0.3, -0.25) is 0 Å². The van der Waals surface area contributed by atoms with Crippen molar-refractivity contribution >= 4 is 17.5 Å². The molecule has 1 aromatic heterocycles. The van der Waals surface area contributed by atoms with Gasteiger partial charge in [0, 0.05) is 48.7 Å². The average molecular weight is 333 g/mol. The summed E-state index contributed by atoms with van der Waals surface area (Å²) in [6, 6.07) is 8.12. The first-order chi connectivity index (χ1) is 11.2. The topological polar surface area (TPSA) is 50.3 Å². The Bertz CT molecular complexity index is 629. The van der Waals surface area contributed by atoms with Crippen LogP contribution in [0.3, 0.4) is 0 Å². The molecule has 0 saturated carbocycles. The molecule has 1 aliphatic rings. The zero-order valence-corrected chi connectivity index (χ0v) is 14.0. The molecule has 1 fully saturated rings. The second-order valence-corrected chi connectivity index (χ2v) is 6.08. The highest BCUT2D eigenvalue weighted by molar-refractivity contribution is 6.30. The lowest BCUT2D eigenvalue weighted by molar-refractivity contribution is 0.122. The van der Waals surface area contributed by atoms with Gasteiger partial charge >= 0.3 is 0 Å². The van der Waals surface area contributed by atoms with Crippen LogP contribution in [0, 0.1) is 0 Å². The quantitative estimate of drug-likeness (QED) is 0.912. The van der Waals surface area contributed by atoms with E-state index in [4.69, 9.17) is 16.3 Å². The summed E-state index contributed by atoms with van der Waals surface area (Å²) < 4.78 is 5.34. The Kier molecular flexibility index (Phi) is 5.43. The first kappa shape index (κ1) is 16.2. The van der Waals surface area contributed by atoms with Crippen molar-refractivity contribution in [1.29, 1.82) is 0 Å². The van der Waals surface area contributed by atoms with Gasteiger partial charge in [-0.1, -0.05) is 23.7 Å². The molecule has 0 amide bonds. The zero-order chi connectivity index (χ0) is 16.1. The molecular formula is C17H21ClN4O. The van der Waals surface area contributed by atoms with Crippen molar-refractivity contribution in [2.24, 2.45) is 0 Å². The summed E-state index contributed by atoms with van der Waals surface area (Å²) in [6.45, 7) is 6.02. The zero-order valence-electron chi connectivity index (χ0n) is 13.2. The molecule has 6 heteroatoms. The number of halogens is 1. The molecule has 1 atom stereocenters. The minimum Gasteiger partial charge on any atom is -0.378 e. The molecule has 5 nitrogen and oxygen atoms in total. The fourth-order valence-corrected chi connectivity index (χ4v) is 2.73. The standard InChI is InChI=1S/C17H21ClN4O/c1-13(15-3-2-4-16(18)9-15)19-10-14-11-20-17(21-12-14)22-5-7-23-8-6-22/h2-4,9,11-13,19H,5-8,10H2,1H3/t13-/m0/s1. The molecule has 0 radical (unpaired) electrons. The molecule has 0 spiro atoms. The fraction of sp³-hybridized carbons (Fsp3) is 0.412. The molecule has 0 aliphatic carbocycles. The van der Waals surface area contributed by atoms with Crippen LogP contribution in [0.2, 0.25) is 5.02 Å². The summed E-state index contributed by atoms with van der Waals surface area (Å²) in [7, 11) is 0. The molecular weight excluding hydrogens is 312 g/mol. The van der Waals surface area contributed by atoms with Crippen LogP contribution in [-0.2, 0) is 11.3 Å². The lowest BCUT2D eigenvalue weighted by Gasteiger charge is -2.26. The van der Waals surface area contributed by atoms with E-state index in [1.165, 1.54) is 5.56 Å². The van der Waals surface area contributed by atoms with Crippen LogP contribution >= 0.6 is 11.6 Å². The van der Waals surface area contributed by atoms with Gasteiger partial charge in [0.1, 0.15) is 0 Å². The average Bonchev–Trinajstić information content (AvgIpc) is 2.61. The molecule has 2 aromatic rings. The van der Waals surface area contributed by atoms with E-state index < -0.39 is 0 Å². The molecule has 1 aromatic carbocycles. The van der Waals surface area contributed by atoms with Gasteiger partial charge in [0.2, 0.25) is 5.95 Å². The van der Waals surface area contributed by atoms with E-state index in [-0.39, 0.29) is 6.04 Å². The monoisotopic (exact) mass is 332 g/mol. The van der Waals surface area contributed by atoms with Crippen molar-refractivity contribution in [3.05, 3.63) is 52.8 Å². The van der Waals surface area contributed by atoms with Gasteiger partial charge in [0.05, 0.1) is 13.2 Å². The van der Waals surface area contributed by atoms with Crippen molar-refractivity contribution in [2.75, 3.05) is 31.2 Å². The molecule has 0 bridgehead atoms. The highest BCUT2D eigenvalue weighted by Gasteiger charge is 2.13. The molecule has 1 aliphatic heterocycles. The maximum Gasteiger partial charge on any atom is 0.225 e. The first-order valence-electron chi connectivity index (χ1n) is 7.85. The van der Waals surface area contributed by atoms with Crippen LogP contribution < -0.4 is 10.2 Å². The van der Waals surface area contributed by atoms with Crippen LogP contribution in [0.1, 0.15) is 24.1 Å². The molecule has 0 unspecified atom stereocenters. The normalized spacial score (nSPS) is 16.3. The summed E-state index contributed by atoms with van der Waals surface area (Å²) in [5, 5.41) is 4.23. The smallest absolute Gasteiger partial charge is 0.225 e. The van der Waals surface area contributed by atoms with E-state index in [9.17, 15) is 0 Å². The number of hydrogen-bond donors (Lipinski definition) is 1. The van der Waals surface area contributed by atoms with Crippen LogP contribution in [0.15, 0.2) is 36.7 Å². The van der Waals surface area contributed by atoms with Gasteiger partial charge in [0.15, 0.2) is 0 Å².